The average molecular weight is 303 g/mol. The van der Waals surface area contributed by atoms with Crippen LogP contribution in [0, 0.1) is 11.3 Å². The first-order valence-corrected chi connectivity index (χ1v) is 7.52. The zero-order valence-electron chi connectivity index (χ0n) is 11.3. The van der Waals surface area contributed by atoms with Gasteiger partial charge in [-0.2, -0.15) is 5.26 Å². The molecule has 0 bridgehead atoms. The molecule has 0 radical (unpaired) electrons. The van der Waals surface area contributed by atoms with Crippen molar-refractivity contribution >= 4 is 10.0 Å². The van der Waals surface area contributed by atoms with Crippen LogP contribution in [0.1, 0.15) is 11.1 Å². The van der Waals surface area contributed by atoms with E-state index in [9.17, 15) is 8.42 Å². The summed E-state index contributed by atoms with van der Waals surface area (Å²) in [6.07, 6.45) is 1.53. The van der Waals surface area contributed by atoms with Gasteiger partial charge in [0.2, 0.25) is 15.9 Å². The fraction of sp³-hybridized carbons (Fsp3) is 0.143. The maximum Gasteiger partial charge on any atom is 0.240 e. The molecule has 0 spiro atoms. The Morgan fingerprint density at radius 3 is 2.76 bits per heavy atom. The van der Waals surface area contributed by atoms with Gasteiger partial charge in [0.15, 0.2) is 0 Å². The zero-order valence-corrected chi connectivity index (χ0v) is 12.1. The lowest BCUT2D eigenvalue weighted by molar-refractivity contribution is 0.397. The number of sulfonamides is 1. The normalized spacial score (nSPS) is 10.9. The number of pyridine rings is 1. The fourth-order valence-electron chi connectivity index (χ4n) is 1.63. The van der Waals surface area contributed by atoms with Crippen molar-refractivity contribution in [1.82, 2.24) is 9.71 Å². The molecule has 0 fully saturated rings. The number of nitrogens with zero attached hydrogens (tertiary/aromatic N) is 2. The van der Waals surface area contributed by atoms with Crippen LogP contribution in [0.25, 0.3) is 0 Å². The van der Waals surface area contributed by atoms with Crippen LogP contribution in [0.2, 0.25) is 0 Å². The molecule has 0 saturated heterocycles. The third-order valence-corrected chi connectivity index (χ3v) is 4.15. The lowest BCUT2D eigenvalue weighted by atomic mass is 10.2. The minimum Gasteiger partial charge on any atom is -0.481 e. The summed E-state index contributed by atoms with van der Waals surface area (Å²) < 4.78 is 31.7. The molecule has 2 rings (SSSR count). The van der Waals surface area contributed by atoms with Crippen LogP contribution in [-0.2, 0) is 16.6 Å². The number of nitriles is 1. The van der Waals surface area contributed by atoms with Crippen molar-refractivity contribution in [2.24, 2.45) is 0 Å². The topological polar surface area (TPSA) is 92.1 Å². The van der Waals surface area contributed by atoms with Crippen molar-refractivity contribution in [1.29, 1.82) is 5.26 Å². The van der Waals surface area contributed by atoms with Gasteiger partial charge in [-0.1, -0.05) is 12.1 Å². The molecule has 7 heteroatoms. The highest BCUT2D eigenvalue weighted by atomic mass is 32.2. The number of aromatic nitrogens is 1. The monoisotopic (exact) mass is 303 g/mol. The molecule has 2 aromatic rings. The third-order valence-electron chi connectivity index (χ3n) is 2.75. The zero-order chi connectivity index (χ0) is 15.3. The minimum atomic E-state index is -3.67. The molecule has 0 aliphatic heterocycles. The van der Waals surface area contributed by atoms with Crippen LogP contribution in [0.4, 0.5) is 0 Å². The summed E-state index contributed by atoms with van der Waals surface area (Å²) >= 11 is 0. The van der Waals surface area contributed by atoms with Crippen molar-refractivity contribution < 1.29 is 13.2 Å². The Balaban J connectivity index is 2.11. The Hall–Kier alpha value is -2.43. The number of ether oxygens (including phenoxy) is 1. The predicted octanol–water partition coefficient (Wildman–Crippen LogP) is 1.44. The van der Waals surface area contributed by atoms with Gasteiger partial charge in [-0.05, 0) is 23.8 Å². The summed E-state index contributed by atoms with van der Waals surface area (Å²) in [6, 6.07) is 11.1. The summed E-state index contributed by atoms with van der Waals surface area (Å²) in [4.78, 5) is 4.06. The van der Waals surface area contributed by atoms with Crippen molar-refractivity contribution in [2.75, 3.05) is 7.11 Å². The van der Waals surface area contributed by atoms with E-state index < -0.39 is 10.0 Å². The maximum atomic E-state index is 12.1. The molecule has 0 aliphatic carbocycles. The van der Waals surface area contributed by atoms with E-state index in [1.165, 1.54) is 31.5 Å². The molecule has 0 atom stereocenters. The van der Waals surface area contributed by atoms with Crippen LogP contribution < -0.4 is 9.46 Å². The Labute approximate surface area is 123 Å². The van der Waals surface area contributed by atoms with Crippen molar-refractivity contribution in [3.8, 4) is 11.9 Å². The van der Waals surface area contributed by atoms with E-state index in [0.717, 1.165) is 0 Å². The molecular weight excluding hydrogens is 290 g/mol. The molecule has 0 unspecified atom stereocenters. The number of hydrogen-bond donors (Lipinski definition) is 1. The highest BCUT2D eigenvalue weighted by Crippen LogP contribution is 2.12. The summed E-state index contributed by atoms with van der Waals surface area (Å²) in [6.45, 7) is 0.107. The minimum absolute atomic E-state index is 0.0584. The Kier molecular flexibility index (Phi) is 4.52. The number of rotatable bonds is 5. The Morgan fingerprint density at radius 1 is 1.33 bits per heavy atom. The number of benzene rings is 1. The quantitative estimate of drug-likeness (QED) is 0.902. The van der Waals surface area contributed by atoms with Crippen LogP contribution in [0.3, 0.4) is 0 Å². The average Bonchev–Trinajstić information content (AvgIpc) is 2.53. The number of methoxy groups -OCH3 is 1. The van der Waals surface area contributed by atoms with Gasteiger partial charge in [-0.15, -0.1) is 0 Å². The van der Waals surface area contributed by atoms with Gasteiger partial charge in [-0.25, -0.2) is 18.1 Å². The Bertz CT molecular complexity index is 765. The van der Waals surface area contributed by atoms with Crippen LogP contribution in [0.5, 0.6) is 5.88 Å². The molecule has 0 aliphatic rings. The smallest absolute Gasteiger partial charge is 0.240 e. The standard InChI is InChI=1S/C14H13N3O3S/c1-20-14-6-5-12(9-16-14)10-17-21(18,19)13-4-2-3-11(7-13)8-15/h2-7,9,17H,10H2,1H3. The van der Waals surface area contributed by atoms with Gasteiger partial charge in [-0.3, -0.25) is 0 Å². The molecule has 0 amide bonds. The van der Waals surface area contributed by atoms with Crippen molar-refractivity contribution in [2.45, 2.75) is 11.4 Å². The van der Waals surface area contributed by atoms with Gasteiger partial charge < -0.3 is 4.74 Å². The summed E-state index contributed by atoms with van der Waals surface area (Å²) in [5.41, 5.74) is 1.000. The molecule has 108 valence electrons. The molecular formula is C14H13N3O3S. The van der Waals surface area contributed by atoms with Gasteiger partial charge in [0.05, 0.1) is 23.6 Å². The number of nitrogens with one attached hydrogen (secondary N) is 1. The summed E-state index contributed by atoms with van der Waals surface area (Å²) in [5, 5.41) is 8.80. The van der Waals surface area contributed by atoms with Gasteiger partial charge in [0.1, 0.15) is 0 Å². The van der Waals surface area contributed by atoms with Gasteiger partial charge in [0, 0.05) is 18.8 Å². The molecule has 21 heavy (non-hydrogen) atoms. The third kappa shape index (κ3) is 3.78. The van der Waals surface area contributed by atoms with Crippen LogP contribution >= 0.6 is 0 Å². The molecule has 1 aromatic carbocycles. The maximum absolute atomic E-state index is 12.1. The molecule has 1 aromatic heterocycles. The van der Waals surface area contributed by atoms with E-state index in [0.29, 0.717) is 17.0 Å². The predicted molar refractivity (Wildman–Crippen MR) is 76.0 cm³/mol. The second-order valence-corrected chi connectivity index (χ2v) is 5.94. The lowest BCUT2D eigenvalue weighted by Crippen LogP contribution is -2.23. The highest BCUT2D eigenvalue weighted by Gasteiger charge is 2.14. The van der Waals surface area contributed by atoms with Crippen molar-refractivity contribution in [3.05, 3.63) is 53.7 Å². The van der Waals surface area contributed by atoms with Crippen LogP contribution in [0.15, 0.2) is 47.5 Å². The van der Waals surface area contributed by atoms with Gasteiger partial charge in [0.25, 0.3) is 0 Å². The molecule has 6 nitrogen and oxygen atoms in total. The van der Waals surface area contributed by atoms with E-state index in [1.807, 2.05) is 6.07 Å². The van der Waals surface area contributed by atoms with E-state index in [2.05, 4.69) is 9.71 Å². The lowest BCUT2D eigenvalue weighted by Gasteiger charge is -2.07. The molecule has 1 heterocycles. The molecule has 1 N–H and O–H groups in total. The fourth-order valence-corrected chi connectivity index (χ4v) is 2.69. The van der Waals surface area contributed by atoms with E-state index in [-0.39, 0.29) is 11.4 Å². The molecule has 0 saturated carbocycles. The first kappa shape index (κ1) is 15.0. The second-order valence-electron chi connectivity index (χ2n) is 4.17. The van der Waals surface area contributed by atoms with E-state index in [4.69, 9.17) is 10.00 Å². The summed E-state index contributed by atoms with van der Waals surface area (Å²) in [5.74, 6) is 0.461. The first-order chi connectivity index (χ1) is 10.0. The Morgan fingerprint density at radius 2 is 2.14 bits per heavy atom. The highest BCUT2D eigenvalue weighted by molar-refractivity contribution is 7.89. The van der Waals surface area contributed by atoms with Crippen molar-refractivity contribution in [3.63, 3.8) is 0 Å². The first-order valence-electron chi connectivity index (χ1n) is 6.04. The van der Waals surface area contributed by atoms with E-state index >= 15 is 0 Å². The SMILES string of the molecule is COc1ccc(CNS(=O)(=O)c2cccc(C#N)c2)cn1. The van der Waals surface area contributed by atoms with Gasteiger partial charge >= 0.3 is 0 Å². The van der Waals surface area contributed by atoms with E-state index in [1.54, 1.807) is 18.2 Å². The largest absolute Gasteiger partial charge is 0.481 e. The summed E-state index contributed by atoms with van der Waals surface area (Å²) in [7, 11) is -2.16. The second kappa shape index (κ2) is 6.35. The van der Waals surface area contributed by atoms with Crippen LogP contribution in [-0.4, -0.2) is 20.5 Å². The number of hydrogen-bond acceptors (Lipinski definition) is 5.